The third-order valence-corrected chi connectivity index (χ3v) is 8.47. The van der Waals surface area contributed by atoms with E-state index in [0.717, 1.165) is 32.1 Å². The van der Waals surface area contributed by atoms with Crippen LogP contribution in [0.3, 0.4) is 0 Å². The minimum atomic E-state index is -0.549. The zero-order valence-electron chi connectivity index (χ0n) is 17.0. The molecule has 3 unspecified atom stereocenters. The molecule has 0 bridgehead atoms. The number of aliphatic carboxylic acids is 1. The molecule has 1 heterocycles. The first-order valence-corrected chi connectivity index (χ1v) is 11.3. The average Bonchev–Trinajstić information content (AvgIpc) is 2.71. The van der Waals surface area contributed by atoms with Crippen molar-refractivity contribution in [2.75, 3.05) is 14.1 Å². The standard InChI is InChI=1S/C22H38N2O3/c1-23-13-7-9-17-19(11-13)27-20-12-14(24-2)8-10-18(20)21(17)15-5-3-4-6-16(15)22(25)26/h13-21,23-24H,3-12H2,1-2H3,(H,25,26)/t13-,14+,15?,16-,17+,18-,19-,20?,21?/m1/s1. The van der Waals surface area contributed by atoms with Gasteiger partial charge >= 0.3 is 5.97 Å². The Morgan fingerprint density at radius 3 is 1.89 bits per heavy atom. The third kappa shape index (κ3) is 3.79. The molecule has 9 atom stereocenters. The van der Waals surface area contributed by atoms with Crippen molar-refractivity contribution in [3.05, 3.63) is 0 Å². The summed E-state index contributed by atoms with van der Waals surface area (Å²) < 4.78 is 6.75. The SMILES string of the molecule is CN[C@@H]1CC[C@@H]2C(C3CCCC[C@H]3C(=O)O)[C@@H]3CC[C@H](NC)CC3O[C@@H]2C1. The van der Waals surface area contributed by atoms with Gasteiger partial charge in [0.05, 0.1) is 18.1 Å². The first-order valence-electron chi connectivity index (χ1n) is 11.3. The fraction of sp³-hybridized carbons (Fsp3) is 0.955. The first kappa shape index (κ1) is 19.7. The third-order valence-electron chi connectivity index (χ3n) is 8.47. The maximum absolute atomic E-state index is 12.1. The minimum absolute atomic E-state index is 0.132. The van der Waals surface area contributed by atoms with Crippen LogP contribution < -0.4 is 10.6 Å². The van der Waals surface area contributed by atoms with Gasteiger partial charge in [0.2, 0.25) is 0 Å². The molecule has 5 heteroatoms. The second-order valence-corrected chi connectivity index (χ2v) is 9.61. The average molecular weight is 379 g/mol. The Hall–Kier alpha value is -0.650. The molecule has 4 rings (SSSR count). The number of ether oxygens (including phenoxy) is 1. The van der Waals surface area contributed by atoms with Gasteiger partial charge in [-0.05, 0) is 89.1 Å². The lowest BCUT2D eigenvalue weighted by atomic mass is 9.56. The zero-order chi connectivity index (χ0) is 19.0. The lowest BCUT2D eigenvalue weighted by Crippen LogP contribution is -2.58. The molecule has 0 aromatic heterocycles. The number of nitrogens with one attached hydrogen (secondary N) is 2. The van der Waals surface area contributed by atoms with Crippen LogP contribution in [-0.4, -0.2) is 49.5 Å². The highest BCUT2D eigenvalue weighted by Crippen LogP contribution is 2.53. The largest absolute Gasteiger partial charge is 0.481 e. The van der Waals surface area contributed by atoms with E-state index in [1.807, 2.05) is 0 Å². The fourth-order valence-electron chi connectivity index (χ4n) is 7.13. The van der Waals surface area contributed by atoms with Gasteiger partial charge in [-0.3, -0.25) is 4.79 Å². The summed E-state index contributed by atoms with van der Waals surface area (Å²) in [5.74, 6) is 1.35. The first-order chi connectivity index (χ1) is 13.1. The number of hydrogen-bond donors (Lipinski definition) is 3. The van der Waals surface area contributed by atoms with Crippen molar-refractivity contribution < 1.29 is 14.6 Å². The van der Waals surface area contributed by atoms with Crippen LogP contribution in [0.5, 0.6) is 0 Å². The van der Waals surface area contributed by atoms with Crippen molar-refractivity contribution in [3.63, 3.8) is 0 Å². The van der Waals surface area contributed by atoms with Gasteiger partial charge in [0.25, 0.3) is 0 Å². The predicted molar refractivity (Wildman–Crippen MR) is 106 cm³/mol. The van der Waals surface area contributed by atoms with Crippen molar-refractivity contribution in [1.82, 2.24) is 10.6 Å². The second-order valence-electron chi connectivity index (χ2n) is 9.61. The van der Waals surface area contributed by atoms with E-state index < -0.39 is 5.97 Å². The summed E-state index contributed by atoms with van der Waals surface area (Å²) in [6, 6.07) is 1.10. The van der Waals surface area contributed by atoms with Crippen LogP contribution in [0.25, 0.3) is 0 Å². The van der Waals surface area contributed by atoms with Gasteiger partial charge in [0.15, 0.2) is 0 Å². The molecular weight excluding hydrogens is 340 g/mol. The highest BCUT2D eigenvalue weighted by molar-refractivity contribution is 5.70. The number of carbonyl (C=O) groups is 1. The number of fused-ring (bicyclic) bond motifs is 2. The minimum Gasteiger partial charge on any atom is -0.481 e. The van der Waals surface area contributed by atoms with E-state index in [0.29, 0.717) is 48.0 Å². The van der Waals surface area contributed by atoms with Gasteiger partial charge in [-0.2, -0.15) is 0 Å². The molecule has 27 heavy (non-hydrogen) atoms. The summed E-state index contributed by atoms with van der Waals surface area (Å²) in [4.78, 5) is 12.1. The highest BCUT2D eigenvalue weighted by atomic mass is 16.5. The summed E-state index contributed by atoms with van der Waals surface area (Å²) in [5.41, 5.74) is 0. The van der Waals surface area contributed by atoms with Crippen LogP contribution in [0.2, 0.25) is 0 Å². The summed E-state index contributed by atoms with van der Waals surface area (Å²) in [5, 5.41) is 16.9. The van der Waals surface area contributed by atoms with Crippen molar-refractivity contribution in [1.29, 1.82) is 0 Å². The van der Waals surface area contributed by atoms with E-state index in [-0.39, 0.29) is 5.92 Å². The van der Waals surface area contributed by atoms with E-state index in [2.05, 4.69) is 24.7 Å². The van der Waals surface area contributed by atoms with E-state index in [9.17, 15) is 9.90 Å². The number of carboxylic acid groups (broad SMARTS) is 1. The van der Waals surface area contributed by atoms with Crippen LogP contribution >= 0.6 is 0 Å². The monoisotopic (exact) mass is 378 g/mol. The summed E-state index contributed by atoms with van der Waals surface area (Å²) in [7, 11) is 4.13. The van der Waals surface area contributed by atoms with E-state index >= 15 is 0 Å². The topological polar surface area (TPSA) is 70.6 Å². The maximum Gasteiger partial charge on any atom is 0.306 e. The summed E-state index contributed by atoms with van der Waals surface area (Å²) >= 11 is 0. The lowest BCUT2D eigenvalue weighted by molar-refractivity contribution is -0.196. The molecule has 0 aromatic rings. The molecule has 4 fully saturated rings. The van der Waals surface area contributed by atoms with Gasteiger partial charge < -0.3 is 20.5 Å². The lowest BCUT2D eigenvalue weighted by Gasteiger charge is -2.56. The van der Waals surface area contributed by atoms with Crippen molar-refractivity contribution >= 4 is 5.97 Å². The molecule has 3 saturated carbocycles. The van der Waals surface area contributed by atoms with Gasteiger partial charge in [-0.15, -0.1) is 0 Å². The number of hydrogen-bond acceptors (Lipinski definition) is 4. The number of rotatable bonds is 4. The maximum atomic E-state index is 12.1. The molecular formula is C22H38N2O3. The van der Waals surface area contributed by atoms with Gasteiger partial charge in [-0.25, -0.2) is 0 Å². The van der Waals surface area contributed by atoms with Crippen molar-refractivity contribution in [2.24, 2.45) is 29.6 Å². The Kier molecular flexibility index (Phi) is 6.10. The molecule has 0 radical (unpaired) electrons. The molecule has 154 valence electrons. The molecule has 1 aliphatic heterocycles. The second kappa shape index (κ2) is 8.38. The Morgan fingerprint density at radius 1 is 0.815 bits per heavy atom. The molecule has 1 saturated heterocycles. The van der Waals surface area contributed by atoms with Crippen LogP contribution in [0.15, 0.2) is 0 Å². The van der Waals surface area contributed by atoms with Gasteiger partial charge in [0.1, 0.15) is 0 Å². The van der Waals surface area contributed by atoms with E-state index in [1.165, 1.54) is 32.1 Å². The van der Waals surface area contributed by atoms with Crippen LogP contribution in [0, 0.1) is 29.6 Å². The molecule has 0 spiro atoms. The van der Waals surface area contributed by atoms with Crippen molar-refractivity contribution in [3.8, 4) is 0 Å². The Bertz CT molecular complexity index is 500. The highest BCUT2D eigenvalue weighted by Gasteiger charge is 2.53. The van der Waals surface area contributed by atoms with Crippen LogP contribution in [0.4, 0.5) is 0 Å². The number of carboxylic acids is 1. The Morgan fingerprint density at radius 2 is 1.37 bits per heavy atom. The van der Waals surface area contributed by atoms with Crippen LogP contribution in [0.1, 0.15) is 64.2 Å². The summed E-state index contributed by atoms with van der Waals surface area (Å²) in [6.45, 7) is 0. The Labute approximate surface area is 164 Å². The zero-order valence-corrected chi connectivity index (χ0v) is 17.0. The predicted octanol–water partition coefficient (Wildman–Crippen LogP) is 3.04. The van der Waals surface area contributed by atoms with E-state index in [1.54, 1.807) is 0 Å². The smallest absolute Gasteiger partial charge is 0.306 e. The molecule has 3 N–H and O–H groups in total. The molecule has 0 amide bonds. The van der Waals surface area contributed by atoms with Crippen molar-refractivity contribution in [2.45, 2.75) is 88.5 Å². The summed E-state index contributed by atoms with van der Waals surface area (Å²) in [6.07, 6.45) is 11.9. The molecule has 4 aliphatic rings. The fourth-order valence-corrected chi connectivity index (χ4v) is 7.13. The Balaban J connectivity index is 1.62. The normalized spacial score (nSPS) is 47.7. The quantitative estimate of drug-likeness (QED) is 0.701. The van der Waals surface area contributed by atoms with E-state index in [4.69, 9.17) is 4.74 Å². The molecule has 3 aliphatic carbocycles. The van der Waals surface area contributed by atoms with Crippen LogP contribution in [-0.2, 0) is 9.53 Å². The van der Waals surface area contributed by atoms with Gasteiger partial charge in [0, 0.05) is 12.1 Å². The molecule has 5 nitrogen and oxygen atoms in total. The molecule has 0 aromatic carbocycles. The van der Waals surface area contributed by atoms with Gasteiger partial charge in [-0.1, -0.05) is 12.8 Å².